The van der Waals surface area contributed by atoms with E-state index >= 15 is 0 Å². The van der Waals surface area contributed by atoms with E-state index in [-0.39, 0.29) is 0 Å². The predicted molar refractivity (Wildman–Crippen MR) is 91.3 cm³/mol. The molecule has 0 atom stereocenters. The molecule has 2 aromatic heterocycles. The van der Waals surface area contributed by atoms with Gasteiger partial charge in [-0.15, -0.1) is 0 Å². The van der Waals surface area contributed by atoms with Crippen molar-refractivity contribution in [2.45, 2.75) is 0 Å². The van der Waals surface area contributed by atoms with Gasteiger partial charge in [0.1, 0.15) is 17.1 Å². The van der Waals surface area contributed by atoms with E-state index in [2.05, 4.69) is 20.3 Å². The van der Waals surface area contributed by atoms with Crippen LogP contribution in [0.4, 0.5) is 5.69 Å². The van der Waals surface area contributed by atoms with Crippen molar-refractivity contribution in [3.8, 4) is 17.1 Å². The number of nitrogens with zero attached hydrogens (tertiary/aromatic N) is 2. The van der Waals surface area contributed by atoms with E-state index < -0.39 is 0 Å². The maximum atomic E-state index is 6.25. The first kappa shape index (κ1) is 15.6. The van der Waals surface area contributed by atoms with Crippen LogP contribution in [0.5, 0.6) is 5.75 Å². The highest BCUT2D eigenvalue weighted by Crippen LogP contribution is 2.30. The van der Waals surface area contributed by atoms with Crippen LogP contribution in [0.2, 0.25) is 5.02 Å². The molecule has 0 aliphatic heterocycles. The molecule has 6 nitrogen and oxygen atoms in total. The maximum Gasteiger partial charge on any atom is 0.180 e. The fraction of sp³-hybridized carbons (Fsp3) is 0.250. The SMILES string of the molecule is COCCNc1c(Cl)cnc2nc(-c3ccc(OC)cc3)[nH]c12. The summed E-state index contributed by atoms with van der Waals surface area (Å²) in [5, 5.41) is 3.79. The van der Waals surface area contributed by atoms with E-state index in [1.165, 1.54) is 0 Å². The van der Waals surface area contributed by atoms with Crippen molar-refractivity contribution in [3.05, 3.63) is 35.5 Å². The second kappa shape index (κ2) is 6.85. The summed E-state index contributed by atoms with van der Waals surface area (Å²) < 4.78 is 10.2. The molecule has 0 saturated heterocycles. The molecule has 0 unspecified atom stereocenters. The van der Waals surface area contributed by atoms with Crippen LogP contribution in [-0.2, 0) is 4.74 Å². The fourth-order valence-electron chi connectivity index (χ4n) is 2.27. The Labute approximate surface area is 138 Å². The summed E-state index contributed by atoms with van der Waals surface area (Å²) in [6.45, 7) is 1.23. The van der Waals surface area contributed by atoms with Crippen LogP contribution in [0.3, 0.4) is 0 Å². The number of fused-ring (bicyclic) bond motifs is 1. The lowest BCUT2D eigenvalue weighted by molar-refractivity contribution is 0.211. The van der Waals surface area contributed by atoms with Crippen LogP contribution in [0, 0.1) is 0 Å². The second-order valence-electron chi connectivity index (χ2n) is 4.91. The molecule has 7 heteroatoms. The number of halogens is 1. The van der Waals surface area contributed by atoms with Gasteiger partial charge in [-0.2, -0.15) is 0 Å². The number of benzene rings is 1. The normalized spacial score (nSPS) is 10.9. The quantitative estimate of drug-likeness (QED) is 0.677. The highest BCUT2D eigenvalue weighted by molar-refractivity contribution is 6.34. The molecule has 0 bridgehead atoms. The lowest BCUT2D eigenvalue weighted by Gasteiger charge is -2.08. The molecule has 2 heterocycles. The van der Waals surface area contributed by atoms with E-state index in [1.807, 2.05) is 24.3 Å². The van der Waals surface area contributed by atoms with Crippen molar-refractivity contribution in [3.63, 3.8) is 0 Å². The predicted octanol–water partition coefficient (Wildman–Crippen LogP) is 3.35. The van der Waals surface area contributed by atoms with Crippen LogP contribution < -0.4 is 10.1 Å². The summed E-state index contributed by atoms with van der Waals surface area (Å²) in [5.74, 6) is 1.53. The van der Waals surface area contributed by atoms with E-state index in [0.717, 1.165) is 28.3 Å². The first-order valence-corrected chi connectivity index (χ1v) is 7.52. The standard InChI is InChI=1S/C16H17ClN4O2/c1-22-8-7-18-13-12(17)9-19-16-14(13)20-15(21-16)10-3-5-11(23-2)6-4-10/h3-6,9H,7-8H2,1-2H3,(H2,18,19,20,21). The number of anilines is 1. The third-order valence-corrected chi connectivity index (χ3v) is 3.73. The van der Waals surface area contributed by atoms with E-state index in [0.29, 0.717) is 23.8 Å². The van der Waals surface area contributed by atoms with Gasteiger partial charge in [0.25, 0.3) is 0 Å². The van der Waals surface area contributed by atoms with Crippen molar-refractivity contribution in [1.29, 1.82) is 0 Å². The Hall–Kier alpha value is -2.31. The monoisotopic (exact) mass is 332 g/mol. The molecule has 0 aliphatic carbocycles. The van der Waals surface area contributed by atoms with Gasteiger partial charge in [0, 0.05) is 19.2 Å². The van der Waals surface area contributed by atoms with Gasteiger partial charge in [-0.05, 0) is 24.3 Å². The largest absolute Gasteiger partial charge is 0.497 e. The summed E-state index contributed by atoms with van der Waals surface area (Å²) in [7, 11) is 3.30. The molecule has 23 heavy (non-hydrogen) atoms. The Kier molecular flexibility index (Phi) is 4.64. The molecule has 0 radical (unpaired) electrons. The molecular formula is C16H17ClN4O2. The van der Waals surface area contributed by atoms with Gasteiger partial charge >= 0.3 is 0 Å². The number of aromatic amines is 1. The van der Waals surface area contributed by atoms with Crippen molar-refractivity contribution >= 4 is 28.5 Å². The number of hydrogen-bond acceptors (Lipinski definition) is 5. The van der Waals surface area contributed by atoms with E-state index in [1.54, 1.807) is 20.4 Å². The molecule has 0 amide bonds. The van der Waals surface area contributed by atoms with E-state index in [4.69, 9.17) is 21.1 Å². The molecule has 1 aromatic carbocycles. The third-order valence-electron chi connectivity index (χ3n) is 3.45. The Morgan fingerprint density at radius 2 is 2.00 bits per heavy atom. The summed E-state index contributed by atoms with van der Waals surface area (Å²) in [5.41, 5.74) is 3.11. The zero-order chi connectivity index (χ0) is 16.2. The molecule has 2 N–H and O–H groups in total. The minimum absolute atomic E-state index is 0.540. The molecule has 3 aromatic rings. The molecule has 0 saturated carbocycles. The second-order valence-corrected chi connectivity index (χ2v) is 5.32. The van der Waals surface area contributed by atoms with Gasteiger partial charge in [0.2, 0.25) is 0 Å². The summed E-state index contributed by atoms with van der Waals surface area (Å²) >= 11 is 6.25. The minimum atomic E-state index is 0.540. The molecule has 120 valence electrons. The van der Waals surface area contributed by atoms with Crippen molar-refractivity contribution < 1.29 is 9.47 Å². The number of ether oxygens (including phenoxy) is 2. The van der Waals surface area contributed by atoms with Crippen molar-refractivity contribution in [2.24, 2.45) is 0 Å². The smallest absolute Gasteiger partial charge is 0.180 e. The highest BCUT2D eigenvalue weighted by Gasteiger charge is 2.13. The van der Waals surface area contributed by atoms with Gasteiger partial charge in [0.05, 0.1) is 30.6 Å². The molecule has 0 spiro atoms. The number of aromatic nitrogens is 3. The van der Waals surface area contributed by atoms with Gasteiger partial charge in [-0.3, -0.25) is 0 Å². The van der Waals surface area contributed by atoms with Crippen LogP contribution in [0.25, 0.3) is 22.6 Å². The number of imidazole rings is 1. The van der Waals surface area contributed by atoms with Crippen LogP contribution in [-0.4, -0.2) is 42.3 Å². The molecule has 0 fully saturated rings. The number of methoxy groups -OCH3 is 2. The fourth-order valence-corrected chi connectivity index (χ4v) is 2.48. The summed E-state index contributed by atoms with van der Waals surface area (Å²) in [6.07, 6.45) is 1.59. The highest BCUT2D eigenvalue weighted by atomic mass is 35.5. The minimum Gasteiger partial charge on any atom is -0.497 e. The zero-order valence-electron chi connectivity index (χ0n) is 12.9. The Morgan fingerprint density at radius 3 is 2.70 bits per heavy atom. The summed E-state index contributed by atoms with van der Waals surface area (Å²) in [4.78, 5) is 12.1. The van der Waals surface area contributed by atoms with Crippen LogP contribution in [0.15, 0.2) is 30.5 Å². The Bertz CT molecular complexity index is 802. The summed E-state index contributed by atoms with van der Waals surface area (Å²) in [6, 6.07) is 7.66. The number of rotatable bonds is 6. The van der Waals surface area contributed by atoms with Gasteiger partial charge in [-0.25, -0.2) is 9.97 Å². The van der Waals surface area contributed by atoms with Gasteiger partial charge < -0.3 is 19.8 Å². The zero-order valence-corrected chi connectivity index (χ0v) is 13.6. The van der Waals surface area contributed by atoms with Crippen molar-refractivity contribution in [1.82, 2.24) is 15.0 Å². The maximum absolute atomic E-state index is 6.25. The first-order chi connectivity index (χ1) is 11.2. The van der Waals surface area contributed by atoms with Crippen molar-refractivity contribution in [2.75, 3.05) is 32.7 Å². The lowest BCUT2D eigenvalue weighted by atomic mass is 10.2. The molecular weight excluding hydrogens is 316 g/mol. The molecule has 3 rings (SSSR count). The number of hydrogen-bond donors (Lipinski definition) is 2. The third kappa shape index (κ3) is 3.23. The molecule has 0 aliphatic rings. The average Bonchev–Trinajstić information content (AvgIpc) is 3.01. The van der Waals surface area contributed by atoms with Gasteiger partial charge in [-0.1, -0.05) is 11.6 Å². The number of pyridine rings is 1. The number of nitrogens with one attached hydrogen (secondary N) is 2. The van der Waals surface area contributed by atoms with E-state index in [9.17, 15) is 0 Å². The van der Waals surface area contributed by atoms with Gasteiger partial charge in [0.15, 0.2) is 5.65 Å². The Balaban J connectivity index is 1.98. The van der Waals surface area contributed by atoms with Crippen LogP contribution in [0.1, 0.15) is 0 Å². The Morgan fingerprint density at radius 1 is 1.22 bits per heavy atom. The lowest BCUT2D eigenvalue weighted by Crippen LogP contribution is -2.08. The number of H-pyrrole nitrogens is 1. The topological polar surface area (TPSA) is 72.1 Å². The first-order valence-electron chi connectivity index (χ1n) is 7.14. The van der Waals surface area contributed by atoms with Crippen LogP contribution >= 0.6 is 11.6 Å². The average molecular weight is 333 g/mol.